The van der Waals surface area contributed by atoms with E-state index in [0.29, 0.717) is 22.8 Å². The van der Waals surface area contributed by atoms with E-state index in [1.54, 1.807) is 30.6 Å². The minimum Gasteiger partial charge on any atom is -0.481 e. The van der Waals surface area contributed by atoms with Gasteiger partial charge in [0.25, 0.3) is 0 Å². The highest BCUT2D eigenvalue weighted by Gasteiger charge is 2.16. The summed E-state index contributed by atoms with van der Waals surface area (Å²) in [6, 6.07) is 21.9. The number of carboxylic acid groups (broad SMARTS) is 1. The number of nitrogens with zero attached hydrogens (tertiary/aromatic N) is 3. The third-order valence-electron chi connectivity index (χ3n) is 6.18. The molecule has 0 aliphatic carbocycles. The maximum Gasteiger partial charge on any atom is 0.323 e. The number of para-hydroxylation sites is 1. The standard InChI is InChI=1S/C29H24ClN5O3/c1-35-16-22(19-9-6-18(7-10-19)8-15-25(36)37)27-28(35)26(31-17-32-27)20-11-13-21(14-12-20)33-29(38)34-24-5-3-2-4-23(24)30/h2-7,9-14,16-17H,8,15H2,1H3,(H,36,37)(H2,33,34,38). The molecule has 190 valence electrons. The molecule has 0 saturated heterocycles. The molecule has 0 saturated carbocycles. The zero-order chi connectivity index (χ0) is 26.6. The largest absolute Gasteiger partial charge is 0.481 e. The van der Waals surface area contributed by atoms with Gasteiger partial charge in [-0.1, -0.05) is 60.1 Å². The summed E-state index contributed by atoms with van der Waals surface area (Å²) in [7, 11) is 1.95. The Hall–Kier alpha value is -4.69. The number of amides is 2. The summed E-state index contributed by atoms with van der Waals surface area (Å²) >= 11 is 6.12. The summed E-state index contributed by atoms with van der Waals surface area (Å²) in [6.07, 6.45) is 4.16. The number of aromatic nitrogens is 3. The van der Waals surface area contributed by atoms with Crippen LogP contribution in [0.4, 0.5) is 16.2 Å². The molecule has 0 aliphatic rings. The predicted octanol–water partition coefficient (Wildman–Crippen LogP) is 6.62. The zero-order valence-corrected chi connectivity index (χ0v) is 21.2. The fraction of sp³-hybridized carbons (Fsp3) is 0.103. The van der Waals surface area contributed by atoms with E-state index < -0.39 is 12.0 Å². The monoisotopic (exact) mass is 525 g/mol. The normalized spacial score (nSPS) is 10.9. The lowest BCUT2D eigenvalue weighted by molar-refractivity contribution is -0.136. The topological polar surface area (TPSA) is 109 Å². The maximum absolute atomic E-state index is 12.4. The molecular formula is C29H24ClN5O3. The average molecular weight is 526 g/mol. The van der Waals surface area contributed by atoms with Gasteiger partial charge in [0.15, 0.2) is 0 Å². The van der Waals surface area contributed by atoms with Gasteiger partial charge in [0.05, 0.1) is 21.9 Å². The first-order valence-corrected chi connectivity index (χ1v) is 12.3. The second-order valence-electron chi connectivity index (χ2n) is 8.80. The van der Waals surface area contributed by atoms with Gasteiger partial charge in [-0.05, 0) is 41.8 Å². The number of fused-ring (bicyclic) bond motifs is 1. The molecule has 0 aliphatic heterocycles. The van der Waals surface area contributed by atoms with Crippen LogP contribution < -0.4 is 10.6 Å². The summed E-state index contributed by atoms with van der Waals surface area (Å²) in [6.45, 7) is 0. The van der Waals surface area contributed by atoms with Crippen molar-refractivity contribution in [3.8, 4) is 22.4 Å². The quantitative estimate of drug-likeness (QED) is 0.221. The molecule has 5 aromatic rings. The van der Waals surface area contributed by atoms with Gasteiger partial charge in [-0.3, -0.25) is 4.79 Å². The minimum atomic E-state index is -0.809. The number of aryl methyl sites for hydroxylation is 2. The third kappa shape index (κ3) is 5.35. The smallest absolute Gasteiger partial charge is 0.323 e. The molecule has 5 rings (SSSR count). The molecule has 8 nitrogen and oxygen atoms in total. The van der Waals surface area contributed by atoms with Crippen LogP contribution in [-0.2, 0) is 18.3 Å². The van der Waals surface area contributed by atoms with Gasteiger partial charge in [-0.25, -0.2) is 14.8 Å². The van der Waals surface area contributed by atoms with Crippen LogP contribution in [0.2, 0.25) is 5.02 Å². The van der Waals surface area contributed by atoms with Crippen molar-refractivity contribution in [2.45, 2.75) is 12.8 Å². The second-order valence-corrected chi connectivity index (χ2v) is 9.21. The number of urea groups is 1. The fourth-order valence-corrected chi connectivity index (χ4v) is 4.50. The summed E-state index contributed by atoms with van der Waals surface area (Å²) in [5.74, 6) is -0.809. The van der Waals surface area contributed by atoms with Crippen molar-refractivity contribution in [3.05, 3.63) is 95.9 Å². The van der Waals surface area contributed by atoms with Crippen molar-refractivity contribution in [1.29, 1.82) is 0 Å². The molecule has 0 bridgehead atoms. The lowest BCUT2D eigenvalue weighted by Crippen LogP contribution is -2.19. The lowest BCUT2D eigenvalue weighted by Gasteiger charge is -2.10. The van der Waals surface area contributed by atoms with Crippen molar-refractivity contribution in [1.82, 2.24) is 14.5 Å². The molecule has 0 spiro atoms. The zero-order valence-electron chi connectivity index (χ0n) is 20.5. The number of hydrogen-bond donors (Lipinski definition) is 3. The highest BCUT2D eigenvalue weighted by molar-refractivity contribution is 6.33. The Morgan fingerprint density at radius 1 is 0.921 bits per heavy atom. The van der Waals surface area contributed by atoms with Crippen molar-refractivity contribution >= 4 is 46.0 Å². The van der Waals surface area contributed by atoms with Crippen LogP contribution in [0.15, 0.2) is 85.3 Å². The van der Waals surface area contributed by atoms with E-state index in [4.69, 9.17) is 16.7 Å². The van der Waals surface area contributed by atoms with Crippen molar-refractivity contribution < 1.29 is 14.7 Å². The van der Waals surface area contributed by atoms with Gasteiger partial charge in [0, 0.05) is 36.5 Å². The highest BCUT2D eigenvalue weighted by atomic mass is 35.5. The second kappa shape index (κ2) is 10.7. The molecule has 3 N–H and O–H groups in total. The van der Waals surface area contributed by atoms with Crippen LogP contribution in [0.1, 0.15) is 12.0 Å². The maximum atomic E-state index is 12.4. The number of carbonyl (C=O) groups is 2. The molecule has 0 unspecified atom stereocenters. The molecule has 0 fully saturated rings. The van der Waals surface area contributed by atoms with Gasteiger partial charge in [-0.2, -0.15) is 0 Å². The molecule has 3 aromatic carbocycles. The van der Waals surface area contributed by atoms with E-state index in [2.05, 4.69) is 20.6 Å². The van der Waals surface area contributed by atoms with E-state index in [1.165, 1.54) is 0 Å². The summed E-state index contributed by atoms with van der Waals surface area (Å²) in [5.41, 5.74) is 7.43. The first kappa shape index (κ1) is 25.0. The molecule has 2 amide bonds. The first-order chi connectivity index (χ1) is 18.4. The van der Waals surface area contributed by atoms with Crippen LogP contribution in [0, 0.1) is 0 Å². The lowest BCUT2D eigenvalue weighted by atomic mass is 10.0. The van der Waals surface area contributed by atoms with Gasteiger partial charge in [0.2, 0.25) is 0 Å². The van der Waals surface area contributed by atoms with Crippen LogP contribution in [0.25, 0.3) is 33.4 Å². The number of hydrogen-bond acceptors (Lipinski definition) is 4. The summed E-state index contributed by atoms with van der Waals surface area (Å²) in [4.78, 5) is 32.4. The third-order valence-corrected chi connectivity index (χ3v) is 6.51. The Bertz CT molecular complexity index is 1630. The van der Waals surface area contributed by atoms with E-state index in [1.807, 2.05) is 66.3 Å². The molecule has 2 aromatic heterocycles. The number of nitrogens with one attached hydrogen (secondary N) is 2. The van der Waals surface area contributed by atoms with Gasteiger partial charge < -0.3 is 20.3 Å². The molecule has 9 heteroatoms. The van der Waals surface area contributed by atoms with Gasteiger partial charge in [0.1, 0.15) is 11.8 Å². The van der Waals surface area contributed by atoms with E-state index in [-0.39, 0.29) is 6.42 Å². The Labute approximate surface area is 223 Å². The molecule has 2 heterocycles. The fourth-order valence-electron chi connectivity index (χ4n) is 4.31. The van der Waals surface area contributed by atoms with Crippen molar-refractivity contribution in [3.63, 3.8) is 0 Å². The first-order valence-electron chi connectivity index (χ1n) is 11.9. The number of halogens is 1. The van der Waals surface area contributed by atoms with Crippen LogP contribution in [0.3, 0.4) is 0 Å². The number of anilines is 2. The van der Waals surface area contributed by atoms with Crippen LogP contribution >= 0.6 is 11.6 Å². The Balaban J connectivity index is 1.37. The number of carbonyl (C=O) groups excluding carboxylic acids is 1. The Morgan fingerprint density at radius 2 is 1.63 bits per heavy atom. The SMILES string of the molecule is Cn1cc(-c2ccc(CCC(=O)O)cc2)c2ncnc(-c3ccc(NC(=O)Nc4ccccc4Cl)cc3)c21. The predicted molar refractivity (Wildman–Crippen MR) is 149 cm³/mol. The number of rotatable bonds is 7. The minimum absolute atomic E-state index is 0.102. The highest BCUT2D eigenvalue weighted by Crippen LogP contribution is 2.34. The van der Waals surface area contributed by atoms with Gasteiger partial charge in [-0.15, -0.1) is 0 Å². The van der Waals surface area contributed by atoms with Crippen LogP contribution in [0.5, 0.6) is 0 Å². The summed E-state index contributed by atoms with van der Waals surface area (Å²) in [5, 5.41) is 14.9. The average Bonchev–Trinajstić information content (AvgIpc) is 3.26. The Morgan fingerprint density at radius 3 is 2.34 bits per heavy atom. The van der Waals surface area contributed by atoms with Crippen molar-refractivity contribution in [2.75, 3.05) is 10.6 Å². The van der Waals surface area contributed by atoms with E-state index >= 15 is 0 Å². The number of carboxylic acids is 1. The molecule has 0 radical (unpaired) electrons. The van der Waals surface area contributed by atoms with Crippen LogP contribution in [-0.4, -0.2) is 31.6 Å². The Kier molecular flexibility index (Phi) is 7.06. The molecule has 38 heavy (non-hydrogen) atoms. The van der Waals surface area contributed by atoms with E-state index in [9.17, 15) is 9.59 Å². The molecular weight excluding hydrogens is 502 g/mol. The van der Waals surface area contributed by atoms with Gasteiger partial charge >= 0.3 is 12.0 Å². The van der Waals surface area contributed by atoms with E-state index in [0.717, 1.165) is 39.0 Å². The number of benzene rings is 3. The number of aliphatic carboxylic acids is 1. The molecule has 0 atom stereocenters. The summed E-state index contributed by atoms with van der Waals surface area (Å²) < 4.78 is 2.00. The van der Waals surface area contributed by atoms with Crippen molar-refractivity contribution in [2.24, 2.45) is 7.05 Å².